The highest BCUT2D eigenvalue weighted by Crippen LogP contribution is 2.32. The van der Waals surface area contributed by atoms with Gasteiger partial charge in [-0.15, -0.1) is 0 Å². The van der Waals surface area contributed by atoms with Crippen molar-refractivity contribution in [2.75, 3.05) is 0 Å². The van der Waals surface area contributed by atoms with Gasteiger partial charge in [0, 0.05) is 5.39 Å². The third-order valence-electron chi connectivity index (χ3n) is 3.30. The molecule has 1 N–H and O–H groups in total. The summed E-state index contributed by atoms with van der Waals surface area (Å²) in [6.07, 6.45) is 0. The second-order valence-electron chi connectivity index (χ2n) is 4.33. The number of benzene rings is 2. The largest absolute Gasteiger partial charge is 0.441 e. The first-order valence-corrected chi connectivity index (χ1v) is 5.98. The van der Waals surface area contributed by atoms with Gasteiger partial charge in [-0.05, 0) is 16.8 Å². The van der Waals surface area contributed by atoms with Crippen molar-refractivity contribution in [1.29, 1.82) is 10.9 Å². The Morgan fingerprint density at radius 1 is 0.900 bits per heavy atom. The minimum Gasteiger partial charge on any atom is -0.278 e. The number of hydrogen-bond acceptors (Lipinski definition) is 4. The van der Waals surface area contributed by atoms with Gasteiger partial charge in [0.1, 0.15) is 5.69 Å². The highest BCUT2D eigenvalue weighted by atomic mass is 16.1. The number of fused-ring (bicyclic) bond motifs is 3. The second-order valence-corrected chi connectivity index (χ2v) is 4.33. The zero-order valence-electron chi connectivity index (χ0n) is 10.4. The summed E-state index contributed by atoms with van der Waals surface area (Å²) >= 11 is 0. The van der Waals surface area contributed by atoms with Gasteiger partial charge >= 0.3 is 11.1 Å². The molecule has 5 heteroatoms. The standard InChI is InChI=1S/C15H9N4O/c16-18-13-11-7-3-1-5-9(11)10-6-2-4-8-12(10)14(19-17)15(13)20/h1-8,16H/q+1. The number of diazo groups is 1. The van der Waals surface area contributed by atoms with Crippen LogP contribution in [0.15, 0.2) is 58.4 Å². The molecular weight excluding hydrogens is 252 g/mol. The Balaban J connectivity index is 2.84. The summed E-state index contributed by atoms with van der Waals surface area (Å²) in [6, 6.07) is 14.4. The van der Waals surface area contributed by atoms with Gasteiger partial charge in [0.15, 0.2) is 4.98 Å². The number of nitrogens with zero attached hydrogens (tertiary/aromatic N) is 3. The maximum Gasteiger partial charge on any atom is 0.441 e. The van der Waals surface area contributed by atoms with Crippen LogP contribution in [0.4, 0.5) is 11.4 Å². The lowest BCUT2D eigenvalue weighted by atomic mass is 10.1. The van der Waals surface area contributed by atoms with Crippen molar-refractivity contribution in [3.05, 3.63) is 63.7 Å². The second kappa shape index (κ2) is 4.52. The molecule has 0 amide bonds. The van der Waals surface area contributed by atoms with E-state index in [1.165, 1.54) is 0 Å². The highest BCUT2D eigenvalue weighted by molar-refractivity contribution is 6.13. The van der Waals surface area contributed by atoms with Gasteiger partial charge in [-0.25, -0.2) is 5.53 Å². The normalized spacial score (nSPS) is 10.3. The van der Waals surface area contributed by atoms with Crippen molar-refractivity contribution >= 4 is 32.9 Å². The molecule has 0 spiro atoms. The summed E-state index contributed by atoms with van der Waals surface area (Å²) in [6.45, 7) is 0. The van der Waals surface area contributed by atoms with Gasteiger partial charge in [-0.1, -0.05) is 42.5 Å². The van der Waals surface area contributed by atoms with Crippen molar-refractivity contribution < 1.29 is 0 Å². The Hall–Kier alpha value is -3.13. The third kappa shape index (κ3) is 1.56. The van der Waals surface area contributed by atoms with Crippen LogP contribution in [0.2, 0.25) is 0 Å². The Morgan fingerprint density at radius 2 is 1.40 bits per heavy atom. The van der Waals surface area contributed by atoms with Crippen LogP contribution >= 0.6 is 0 Å². The van der Waals surface area contributed by atoms with Gasteiger partial charge in [-0.2, -0.15) is 5.11 Å². The molecule has 0 saturated heterocycles. The van der Waals surface area contributed by atoms with Gasteiger partial charge in [-0.3, -0.25) is 4.79 Å². The van der Waals surface area contributed by atoms with Crippen molar-refractivity contribution in [3.63, 3.8) is 0 Å². The van der Waals surface area contributed by atoms with Crippen molar-refractivity contribution in [2.45, 2.75) is 0 Å². The van der Waals surface area contributed by atoms with Crippen molar-refractivity contribution in [2.24, 2.45) is 5.11 Å². The third-order valence-corrected chi connectivity index (χ3v) is 3.30. The molecule has 5 nitrogen and oxygen atoms in total. The smallest absolute Gasteiger partial charge is 0.278 e. The van der Waals surface area contributed by atoms with E-state index in [0.717, 1.165) is 10.8 Å². The van der Waals surface area contributed by atoms with E-state index in [1.807, 2.05) is 24.3 Å². The Bertz CT molecular complexity index is 957. The first-order chi connectivity index (χ1) is 9.77. The van der Waals surface area contributed by atoms with E-state index in [2.05, 4.69) is 10.1 Å². The molecular formula is C15H9N4O+. The molecule has 0 bridgehead atoms. The van der Waals surface area contributed by atoms with Crippen LogP contribution in [-0.4, -0.2) is 0 Å². The number of rotatable bonds is 1. The van der Waals surface area contributed by atoms with E-state index in [4.69, 9.17) is 5.53 Å². The van der Waals surface area contributed by atoms with E-state index in [0.29, 0.717) is 10.8 Å². The molecule has 94 valence electrons. The van der Waals surface area contributed by atoms with Gasteiger partial charge < -0.3 is 0 Å². The minimum absolute atomic E-state index is 0.0235. The van der Waals surface area contributed by atoms with Crippen molar-refractivity contribution in [3.8, 4) is 0 Å². The van der Waals surface area contributed by atoms with Crippen LogP contribution < -0.4 is 5.43 Å². The molecule has 0 aliphatic heterocycles. The molecule has 0 aromatic heterocycles. The maximum atomic E-state index is 12.4. The highest BCUT2D eigenvalue weighted by Gasteiger charge is 2.22. The summed E-state index contributed by atoms with van der Waals surface area (Å²) in [7, 11) is 0. The SMILES string of the molecule is N#[N+]c1c(=O)c(N=N)c2ccccc2c2ccccc12. The quantitative estimate of drug-likeness (QED) is 0.516. The van der Waals surface area contributed by atoms with Gasteiger partial charge in [0.25, 0.3) is 0 Å². The summed E-state index contributed by atoms with van der Waals surface area (Å²) in [5.41, 5.74) is 6.58. The lowest BCUT2D eigenvalue weighted by molar-refractivity contribution is 1.15. The summed E-state index contributed by atoms with van der Waals surface area (Å²) in [5.74, 6) is 0. The lowest BCUT2D eigenvalue weighted by Gasteiger charge is -1.96. The summed E-state index contributed by atoms with van der Waals surface area (Å²) < 4.78 is 0. The Labute approximate surface area is 113 Å². The first-order valence-electron chi connectivity index (χ1n) is 5.98. The molecule has 0 heterocycles. The lowest BCUT2D eigenvalue weighted by Crippen LogP contribution is -1.95. The molecule has 0 aliphatic carbocycles. The molecule has 3 aromatic carbocycles. The summed E-state index contributed by atoms with van der Waals surface area (Å²) in [5, 5.41) is 15.2. The molecule has 0 unspecified atom stereocenters. The minimum atomic E-state index is -0.556. The maximum absolute atomic E-state index is 12.4. The average Bonchev–Trinajstić information content (AvgIpc) is 2.59. The van der Waals surface area contributed by atoms with E-state index in [1.54, 1.807) is 24.3 Å². The molecule has 3 aromatic rings. The van der Waals surface area contributed by atoms with Crippen LogP contribution in [0.5, 0.6) is 0 Å². The average molecular weight is 261 g/mol. The molecule has 0 fully saturated rings. The fourth-order valence-electron chi connectivity index (χ4n) is 2.42. The first kappa shape index (κ1) is 11.9. The van der Waals surface area contributed by atoms with Gasteiger partial charge in [0.05, 0.1) is 5.39 Å². The van der Waals surface area contributed by atoms with Crippen LogP contribution in [0.25, 0.3) is 26.5 Å². The molecule has 0 saturated carbocycles. The predicted molar refractivity (Wildman–Crippen MR) is 77.3 cm³/mol. The number of nitrogens with one attached hydrogen (secondary N) is 1. The van der Waals surface area contributed by atoms with Crippen LogP contribution in [0, 0.1) is 10.9 Å². The van der Waals surface area contributed by atoms with Gasteiger partial charge in [0.2, 0.25) is 5.39 Å². The van der Waals surface area contributed by atoms with E-state index >= 15 is 0 Å². The monoisotopic (exact) mass is 261 g/mol. The molecule has 3 rings (SSSR count). The van der Waals surface area contributed by atoms with Crippen LogP contribution in [-0.2, 0) is 0 Å². The zero-order valence-corrected chi connectivity index (χ0v) is 10.4. The molecule has 0 atom stereocenters. The fourth-order valence-corrected chi connectivity index (χ4v) is 2.42. The van der Waals surface area contributed by atoms with E-state index in [9.17, 15) is 10.2 Å². The predicted octanol–water partition coefficient (Wildman–Crippen LogP) is 4.50. The number of hydrogen-bond donors (Lipinski definition) is 1. The zero-order chi connectivity index (χ0) is 14.1. The molecule has 0 radical (unpaired) electrons. The Kier molecular flexibility index (Phi) is 2.70. The van der Waals surface area contributed by atoms with Crippen molar-refractivity contribution in [1.82, 2.24) is 0 Å². The van der Waals surface area contributed by atoms with Crippen LogP contribution in [0.3, 0.4) is 0 Å². The Morgan fingerprint density at radius 3 is 1.95 bits per heavy atom. The molecule has 0 aliphatic rings. The fraction of sp³-hybridized carbons (Fsp3) is 0. The van der Waals surface area contributed by atoms with E-state index in [-0.39, 0.29) is 11.4 Å². The van der Waals surface area contributed by atoms with Crippen LogP contribution in [0.1, 0.15) is 0 Å². The molecule has 20 heavy (non-hydrogen) atoms. The topological polar surface area (TPSA) is 81.4 Å². The van der Waals surface area contributed by atoms with E-state index < -0.39 is 5.43 Å². The summed E-state index contributed by atoms with van der Waals surface area (Å²) in [4.78, 5) is 15.5.